The lowest BCUT2D eigenvalue weighted by Crippen LogP contribution is -2.17. The number of amides is 1. The highest BCUT2D eigenvalue weighted by Crippen LogP contribution is 2.33. The molecule has 2 heterocycles. The van der Waals surface area contributed by atoms with Gasteiger partial charge in [0.25, 0.3) is 0 Å². The van der Waals surface area contributed by atoms with Gasteiger partial charge in [0.15, 0.2) is 0 Å². The van der Waals surface area contributed by atoms with Gasteiger partial charge in [-0.1, -0.05) is 0 Å². The molecular weight excluding hydrogens is 462 g/mol. The Bertz CT molecular complexity index is 1240. The van der Waals surface area contributed by atoms with Gasteiger partial charge in [0, 0.05) is 5.38 Å². The Kier molecular flexibility index (Phi) is 6.36. The molecule has 0 unspecified atom stereocenters. The normalized spacial score (nSPS) is 11.4. The van der Waals surface area contributed by atoms with Crippen molar-refractivity contribution in [3.05, 3.63) is 82.6 Å². The van der Waals surface area contributed by atoms with Crippen LogP contribution in [0.1, 0.15) is 16.3 Å². The smallest absolute Gasteiger partial charge is 0.416 e. The van der Waals surface area contributed by atoms with Crippen molar-refractivity contribution in [1.29, 1.82) is 0 Å². The summed E-state index contributed by atoms with van der Waals surface area (Å²) in [5.41, 5.74) is -0.295. The second-order valence-electron chi connectivity index (χ2n) is 6.77. The predicted octanol–water partition coefficient (Wildman–Crippen LogP) is 4.64. The number of alkyl halides is 3. The molecule has 1 amide bonds. The maximum Gasteiger partial charge on any atom is 0.416 e. The number of nitrogens with zero attached hydrogens (tertiary/aromatic N) is 4. The van der Waals surface area contributed by atoms with Crippen LogP contribution in [0.3, 0.4) is 0 Å². The molecule has 4 rings (SSSR count). The van der Waals surface area contributed by atoms with Crippen molar-refractivity contribution in [1.82, 2.24) is 19.7 Å². The number of benzene rings is 2. The van der Waals surface area contributed by atoms with E-state index in [4.69, 9.17) is 4.74 Å². The number of carbonyl (C=O) groups excluding carboxylic acids is 1. The molecule has 7 nitrogen and oxygen atoms in total. The fourth-order valence-corrected chi connectivity index (χ4v) is 3.58. The molecule has 0 fully saturated rings. The average molecular weight is 477 g/mol. The van der Waals surface area contributed by atoms with Crippen LogP contribution in [0.2, 0.25) is 0 Å². The van der Waals surface area contributed by atoms with Gasteiger partial charge in [0.05, 0.1) is 29.1 Å². The van der Waals surface area contributed by atoms with Gasteiger partial charge >= 0.3 is 6.18 Å². The quantitative estimate of drug-likeness (QED) is 0.392. The molecule has 170 valence electrons. The largest absolute Gasteiger partial charge is 0.486 e. The number of thiazole rings is 1. The van der Waals surface area contributed by atoms with Crippen LogP contribution >= 0.6 is 11.3 Å². The minimum Gasteiger partial charge on any atom is -0.486 e. The van der Waals surface area contributed by atoms with E-state index in [-0.39, 0.29) is 30.2 Å². The summed E-state index contributed by atoms with van der Waals surface area (Å²) >= 11 is 1.27. The number of ether oxygens (including phenoxy) is 1. The van der Waals surface area contributed by atoms with Crippen LogP contribution in [0.5, 0.6) is 5.75 Å². The standard InChI is InChI=1S/C21H15F4N5O2S/c22-14-2-4-16(5-3-14)32-9-20-28-15(10-33-20)8-19(31)29-17-7-13(21(23,24)25)1-6-18(17)30-12-26-11-27-30/h1-7,10-12H,8-9H2,(H,29,31). The molecule has 0 aliphatic carbocycles. The van der Waals surface area contributed by atoms with E-state index in [1.807, 2.05) is 0 Å². The van der Waals surface area contributed by atoms with E-state index >= 15 is 0 Å². The van der Waals surface area contributed by atoms with E-state index in [1.54, 1.807) is 5.38 Å². The van der Waals surface area contributed by atoms with Crippen LogP contribution in [-0.2, 0) is 24.0 Å². The highest BCUT2D eigenvalue weighted by Gasteiger charge is 2.31. The number of anilines is 1. The van der Waals surface area contributed by atoms with Gasteiger partial charge < -0.3 is 10.1 Å². The summed E-state index contributed by atoms with van der Waals surface area (Å²) in [4.78, 5) is 20.6. The number of rotatable bonds is 7. The van der Waals surface area contributed by atoms with Gasteiger partial charge in [0.1, 0.15) is 35.8 Å². The first-order chi connectivity index (χ1) is 15.8. The maximum absolute atomic E-state index is 13.2. The van der Waals surface area contributed by atoms with E-state index in [9.17, 15) is 22.4 Å². The summed E-state index contributed by atoms with van der Waals surface area (Å²) in [5.74, 6) is -0.458. The fourth-order valence-electron chi connectivity index (χ4n) is 2.88. The van der Waals surface area contributed by atoms with Gasteiger partial charge in [-0.2, -0.15) is 18.3 Å². The lowest BCUT2D eigenvalue weighted by atomic mass is 10.1. The van der Waals surface area contributed by atoms with Gasteiger partial charge in [0.2, 0.25) is 5.91 Å². The molecule has 1 N–H and O–H groups in total. The van der Waals surface area contributed by atoms with Crippen molar-refractivity contribution in [3.8, 4) is 11.4 Å². The van der Waals surface area contributed by atoms with Crippen molar-refractivity contribution in [2.45, 2.75) is 19.2 Å². The lowest BCUT2D eigenvalue weighted by Gasteiger charge is -2.14. The first-order valence-corrected chi connectivity index (χ1v) is 10.3. The number of halogens is 4. The molecule has 2 aromatic heterocycles. The number of carbonyl (C=O) groups is 1. The number of aromatic nitrogens is 4. The Morgan fingerprint density at radius 2 is 1.94 bits per heavy atom. The SMILES string of the molecule is O=C(Cc1csc(COc2ccc(F)cc2)n1)Nc1cc(C(F)(F)F)ccc1-n1cncn1. The zero-order chi connectivity index (χ0) is 23.4. The number of hydrogen-bond donors (Lipinski definition) is 1. The molecule has 0 radical (unpaired) electrons. The number of hydrogen-bond acceptors (Lipinski definition) is 6. The van der Waals surface area contributed by atoms with Crippen LogP contribution < -0.4 is 10.1 Å². The van der Waals surface area contributed by atoms with E-state index in [2.05, 4.69) is 20.4 Å². The summed E-state index contributed by atoms with van der Waals surface area (Å²) in [6.07, 6.45) is -2.19. The molecule has 12 heteroatoms. The summed E-state index contributed by atoms with van der Waals surface area (Å²) in [6, 6.07) is 8.47. The first-order valence-electron chi connectivity index (χ1n) is 9.46. The second kappa shape index (κ2) is 9.36. The van der Waals surface area contributed by atoms with Crippen molar-refractivity contribution in [3.63, 3.8) is 0 Å². The molecule has 0 aliphatic rings. The molecule has 0 bridgehead atoms. The van der Waals surface area contributed by atoms with E-state index in [0.29, 0.717) is 16.5 Å². The fraction of sp³-hybridized carbons (Fsp3) is 0.143. The molecule has 0 aliphatic heterocycles. The van der Waals surface area contributed by atoms with Crippen LogP contribution in [0, 0.1) is 5.82 Å². The highest BCUT2D eigenvalue weighted by molar-refractivity contribution is 7.09. The molecule has 2 aromatic carbocycles. The van der Waals surface area contributed by atoms with E-state index < -0.39 is 17.6 Å². The summed E-state index contributed by atoms with van der Waals surface area (Å²) in [7, 11) is 0. The van der Waals surface area contributed by atoms with E-state index in [1.165, 1.54) is 59.0 Å². The van der Waals surface area contributed by atoms with Crippen LogP contribution in [0.4, 0.5) is 23.2 Å². The Hall–Kier alpha value is -3.80. The maximum atomic E-state index is 13.2. The van der Waals surface area contributed by atoms with Gasteiger partial charge in [-0.3, -0.25) is 4.79 Å². The molecule has 0 atom stereocenters. The zero-order valence-electron chi connectivity index (χ0n) is 16.7. The summed E-state index contributed by atoms with van der Waals surface area (Å²) in [5, 5.41) is 8.66. The third kappa shape index (κ3) is 5.71. The van der Waals surface area contributed by atoms with Crippen LogP contribution in [0.15, 0.2) is 60.5 Å². The highest BCUT2D eigenvalue weighted by atomic mass is 32.1. The zero-order valence-corrected chi connectivity index (χ0v) is 17.5. The lowest BCUT2D eigenvalue weighted by molar-refractivity contribution is -0.137. The topological polar surface area (TPSA) is 81.9 Å². The molecular formula is C21H15F4N5O2S. The molecule has 0 spiro atoms. The number of nitrogens with one attached hydrogen (secondary N) is 1. The average Bonchev–Trinajstić information content (AvgIpc) is 3.45. The van der Waals surface area contributed by atoms with Crippen molar-refractivity contribution >= 4 is 22.9 Å². The minimum atomic E-state index is -4.57. The first kappa shape index (κ1) is 22.4. The van der Waals surface area contributed by atoms with Gasteiger partial charge in [-0.25, -0.2) is 19.0 Å². The Morgan fingerprint density at radius 1 is 1.15 bits per heavy atom. The van der Waals surface area contributed by atoms with Gasteiger partial charge in [-0.05, 0) is 42.5 Å². The summed E-state index contributed by atoms with van der Waals surface area (Å²) in [6.45, 7) is 0.127. The molecule has 0 saturated heterocycles. The Balaban J connectivity index is 1.44. The summed E-state index contributed by atoms with van der Waals surface area (Å²) < 4.78 is 59.2. The Labute approximate surface area is 188 Å². The van der Waals surface area contributed by atoms with Crippen LogP contribution in [0.25, 0.3) is 5.69 Å². The van der Waals surface area contributed by atoms with Crippen molar-refractivity contribution in [2.24, 2.45) is 0 Å². The van der Waals surface area contributed by atoms with E-state index in [0.717, 1.165) is 12.1 Å². The van der Waals surface area contributed by atoms with Crippen LogP contribution in [-0.4, -0.2) is 25.7 Å². The Morgan fingerprint density at radius 3 is 2.64 bits per heavy atom. The molecule has 0 saturated carbocycles. The second-order valence-corrected chi connectivity index (χ2v) is 7.71. The van der Waals surface area contributed by atoms with Gasteiger partial charge in [-0.15, -0.1) is 11.3 Å². The third-order valence-corrected chi connectivity index (χ3v) is 5.25. The molecule has 33 heavy (non-hydrogen) atoms. The third-order valence-electron chi connectivity index (χ3n) is 4.38. The van der Waals surface area contributed by atoms with Crippen molar-refractivity contribution < 1.29 is 27.1 Å². The van der Waals surface area contributed by atoms with Crippen molar-refractivity contribution in [2.75, 3.05) is 5.32 Å². The predicted molar refractivity (Wildman–Crippen MR) is 112 cm³/mol. The molecule has 4 aromatic rings. The monoisotopic (exact) mass is 477 g/mol. The minimum absolute atomic E-state index is 0.0598.